The summed E-state index contributed by atoms with van der Waals surface area (Å²) in [6, 6.07) is 11.7. The van der Waals surface area contributed by atoms with Crippen LogP contribution in [-0.4, -0.2) is 17.1 Å². The topological polar surface area (TPSA) is 49.5 Å². The number of phenols is 1. The Balaban J connectivity index is 1.98. The van der Waals surface area contributed by atoms with Gasteiger partial charge in [-0.05, 0) is 42.4 Å². The molecular weight excluding hydrogens is 243 g/mol. The van der Waals surface area contributed by atoms with Crippen molar-refractivity contribution in [2.45, 2.75) is 13.1 Å². The second-order valence-electron chi connectivity index (χ2n) is 4.69. The van der Waals surface area contributed by atoms with E-state index in [1.165, 1.54) is 12.1 Å². The molecule has 19 heavy (non-hydrogen) atoms. The van der Waals surface area contributed by atoms with E-state index in [4.69, 9.17) is 5.73 Å². The lowest BCUT2D eigenvalue weighted by Gasteiger charge is -2.17. The molecule has 2 aromatic rings. The average molecular weight is 260 g/mol. The number of anilines is 1. The van der Waals surface area contributed by atoms with Gasteiger partial charge < -0.3 is 10.8 Å². The van der Waals surface area contributed by atoms with Gasteiger partial charge >= 0.3 is 0 Å². The highest BCUT2D eigenvalue weighted by Gasteiger charge is 2.04. The standard InChI is InChI=1S/C15H17FN2O/c1-18(9-11-2-5-13(16)6-3-11)10-12-4-7-15(19)14(17)8-12/h2-8,19H,9-10,17H2,1H3. The second kappa shape index (κ2) is 5.71. The number of rotatable bonds is 4. The largest absolute Gasteiger partial charge is 0.506 e. The molecule has 0 atom stereocenters. The Labute approximate surface area is 112 Å². The van der Waals surface area contributed by atoms with Crippen molar-refractivity contribution in [2.24, 2.45) is 0 Å². The molecule has 0 amide bonds. The molecule has 2 rings (SSSR count). The summed E-state index contributed by atoms with van der Waals surface area (Å²) in [6.45, 7) is 1.43. The lowest BCUT2D eigenvalue weighted by molar-refractivity contribution is 0.319. The Morgan fingerprint density at radius 3 is 2.26 bits per heavy atom. The van der Waals surface area contributed by atoms with Gasteiger partial charge in [-0.25, -0.2) is 4.39 Å². The van der Waals surface area contributed by atoms with E-state index in [0.717, 1.165) is 17.7 Å². The van der Waals surface area contributed by atoms with Crippen LogP contribution in [0.1, 0.15) is 11.1 Å². The molecule has 2 aromatic carbocycles. The van der Waals surface area contributed by atoms with Gasteiger partial charge in [-0.2, -0.15) is 0 Å². The predicted molar refractivity (Wildman–Crippen MR) is 74.1 cm³/mol. The molecule has 0 heterocycles. The Kier molecular flexibility index (Phi) is 4.02. The van der Waals surface area contributed by atoms with E-state index >= 15 is 0 Å². The van der Waals surface area contributed by atoms with Crippen molar-refractivity contribution in [3.05, 3.63) is 59.4 Å². The van der Waals surface area contributed by atoms with E-state index in [1.54, 1.807) is 24.3 Å². The summed E-state index contributed by atoms with van der Waals surface area (Å²) in [7, 11) is 1.98. The minimum atomic E-state index is -0.224. The van der Waals surface area contributed by atoms with Gasteiger partial charge in [0.2, 0.25) is 0 Å². The van der Waals surface area contributed by atoms with Gasteiger partial charge in [0.25, 0.3) is 0 Å². The molecule has 3 N–H and O–H groups in total. The molecule has 0 aromatic heterocycles. The summed E-state index contributed by atoms with van der Waals surface area (Å²) in [5.41, 5.74) is 8.12. The molecule has 0 unspecified atom stereocenters. The van der Waals surface area contributed by atoms with E-state index in [-0.39, 0.29) is 11.6 Å². The van der Waals surface area contributed by atoms with E-state index in [2.05, 4.69) is 4.90 Å². The number of nitrogen functional groups attached to an aromatic ring is 1. The van der Waals surface area contributed by atoms with Crippen molar-refractivity contribution < 1.29 is 9.50 Å². The van der Waals surface area contributed by atoms with Crippen LogP contribution in [0.25, 0.3) is 0 Å². The first-order valence-corrected chi connectivity index (χ1v) is 6.05. The summed E-state index contributed by atoms with van der Waals surface area (Å²) in [6.07, 6.45) is 0. The van der Waals surface area contributed by atoms with Crippen molar-refractivity contribution in [1.29, 1.82) is 0 Å². The van der Waals surface area contributed by atoms with Crippen molar-refractivity contribution >= 4 is 5.69 Å². The van der Waals surface area contributed by atoms with Crippen LogP contribution in [0.5, 0.6) is 5.75 Å². The number of hydrogen-bond donors (Lipinski definition) is 2. The molecule has 100 valence electrons. The first-order valence-electron chi connectivity index (χ1n) is 6.05. The van der Waals surface area contributed by atoms with Crippen molar-refractivity contribution in [3.8, 4) is 5.75 Å². The molecule has 0 bridgehead atoms. The van der Waals surface area contributed by atoms with Crippen molar-refractivity contribution in [2.75, 3.05) is 12.8 Å². The first kappa shape index (κ1) is 13.4. The normalized spacial score (nSPS) is 10.9. The van der Waals surface area contributed by atoms with Gasteiger partial charge in [0, 0.05) is 13.1 Å². The summed E-state index contributed by atoms with van der Waals surface area (Å²) >= 11 is 0. The Morgan fingerprint density at radius 1 is 1.05 bits per heavy atom. The number of benzene rings is 2. The van der Waals surface area contributed by atoms with Crippen LogP contribution in [-0.2, 0) is 13.1 Å². The Hall–Kier alpha value is -2.07. The minimum absolute atomic E-state index is 0.102. The minimum Gasteiger partial charge on any atom is -0.506 e. The predicted octanol–water partition coefficient (Wildman–Crippen LogP) is 2.75. The van der Waals surface area contributed by atoms with E-state index in [9.17, 15) is 9.50 Å². The van der Waals surface area contributed by atoms with Gasteiger partial charge in [-0.15, -0.1) is 0 Å². The molecule has 0 radical (unpaired) electrons. The van der Waals surface area contributed by atoms with Gasteiger partial charge in [-0.3, -0.25) is 4.90 Å². The van der Waals surface area contributed by atoms with Gasteiger partial charge in [0.05, 0.1) is 5.69 Å². The maximum Gasteiger partial charge on any atom is 0.138 e. The molecule has 0 aliphatic rings. The van der Waals surface area contributed by atoms with Gasteiger partial charge in [0.15, 0.2) is 0 Å². The summed E-state index contributed by atoms with van der Waals surface area (Å²) in [5.74, 6) is -0.123. The third-order valence-electron chi connectivity index (χ3n) is 2.91. The van der Waals surface area contributed by atoms with E-state index in [1.807, 2.05) is 13.1 Å². The number of nitrogens with zero attached hydrogens (tertiary/aromatic N) is 1. The fourth-order valence-corrected chi connectivity index (χ4v) is 1.97. The van der Waals surface area contributed by atoms with Crippen LogP contribution < -0.4 is 5.73 Å². The van der Waals surface area contributed by atoms with Crippen LogP contribution >= 0.6 is 0 Å². The third kappa shape index (κ3) is 3.69. The summed E-state index contributed by atoms with van der Waals surface area (Å²) < 4.78 is 12.8. The van der Waals surface area contributed by atoms with Crippen LogP contribution in [0.2, 0.25) is 0 Å². The first-order chi connectivity index (χ1) is 9.04. The molecule has 0 aliphatic carbocycles. The molecule has 0 fully saturated rings. The zero-order valence-electron chi connectivity index (χ0n) is 10.8. The second-order valence-corrected chi connectivity index (χ2v) is 4.69. The van der Waals surface area contributed by atoms with Gasteiger partial charge in [-0.1, -0.05) is 18.2 Å². The summed E-state index contributed by atoms with van der Waals surface area (Å²) in [4.78, 5) is 2.10. The lowest BCUT2D eigenvalue weighted by atomic mass is 10.1. The average Bonchev–Trinajstić information content (AvgIpc) is 2.37. The quantitative estimate of drug-likeness (QED) is 0.656. The fraction of sp³-hybridized carbons (Fsp3) is 0.200. The number of hydrogen-bond acceptors (Lipinski definition) is 3. The fourth-order valence-electron chi connectivity index (χ4n) is 1.97. The van der Waals surface area contributed by atoms with Crippen molar-refractivity contribution in [1.82, 2.24) is 4.90 Å². The SMILES string of the molecule is CN(Cc1ccc(F)cc1)Cc1ccc(O)c(N)c1. The van der Waals surface area contributed by atoms with E-state index < -0.39 is 0 Å². The molecule has 0 saturated heterocycles. The highest BCUT2D eigenvalue weighted by molar-refractivity contribution is 5.53. The van der Waals surface area contributed by atoms with Crippen molar-refractivity contribution in [3.63, 3.8) is 0 Å². The molecular formula is C15H17FN2O. The highest BCUT2D eigenvalue weighted by Crippen LogP contribution is 2.21. The number of halogens is 1. The van der Waals surface area contributed by atoms with Crippen LogP contribution in [0.4, 0.5) is 10.1 Å². The Bertz CT molecular complexity index is 555. The molecule has 3 nitrogen and oxygen atoms in total. The Morgan fingerprint density at radius 2 is 1.63 bits per heavy atom. The molecule has 0 spiro atoms. The maximum absolute atomic E-state index is 12.8. The maximum atomic E-state index is 12.8. The highest BCUT2D eigenvalue weighted by atomic mass is 19.1. The van der Waals surface area contributed by atoms with Crippen LogP contribution in [0.15, 0.2) is 42.5 Å². The molecule has 4 heteroatoms. The smallest absolute Gasteiger partial charge is 0.138 e. The molecule has 0 saturated carbocycles. The molecule has 0 aliphatic heterocycles. The summed E-state index contributed by atoms with van der Waals surface area (Å²) in [5, 5.41) is 9.36. The zero-order valence-corrected chi connectivity index (χ0v) is 10.8. The number of phenolic OH excluding ortho intramolecular Hbond substituents is 1. The monoisotopic (exact) mass is 260 g/mol. The van der Waals surface area contributed by atoms with E-state index in [0.29, 0.717) is 12.2 Å². The number of nitrogens with two attached hydrogens (primary N) is 1. The van der Waals surface area contributed by atoms with Gasteiger partial charge in [0.1, 0.15) is 11.6 Å². The lowest BCUT2D eigenvalue weighted by Crippen LogP contribution is -2.17. The zero-order chi connectivity index (χ0) is 13.8. The third-order valence-corrected chi connectivity index (χ3v) is 2.91. The number of aromatic hydroxyl groups is 1. The van der Waals surface area contributed by atoms with Crippen LogP contribution in [0.3, 0.4) is 0 Å². The van der Waals surface area contributed by atoms with Crippen LogP contribution in [0, 0.1) is 5.82 Å².